The number of rotatable bonds is 8. The van der Waals surface area contributed by atoms with Gasteiger partial charge in [0.15, 0.2) is 5.96 Å². The van der Waals surface area contributed by atoms with Gasteiger partial charge in [-0.3, -0.25) is 4.68 Å². The van der Waals surface area contributed by atoms with Crippen LogP contribution in [0.25, 0.3) is 0 Å². The third-order valence-corrected chi connectivity index (χ3v) is 4.25. The van der Waals surface area contributed by atoms with E-state index in [9.17, 15) is 5.11 Å². The van der Waals surface area contributed by atoms with E-state index in [0.717, 1.165) is 5.56 Å². The molecular weight excluding hydrogens is 366 g/mol. The molecule has 7 nitrogen and oxygen atoms in total. The molecule has 2 rings (SSSR count). The van der Waals surface area contributed by atoms with E-state index in [1.54, 1.807) is 30.1 Å². The predicted octanol–water partition coefficient (Wildman–Crippen LogP) is 2.30. The zero-order valence-corrected chi connectivity index (χ0v) is 17.0. The van der Waals surface area contributed by atoms with Gasteiger partial charge in [-0.2, -0.15) is 5.10 Å². The van der Waals surface area contributed by atoms with Crippen LogP contribution in [-0.2, 0) is 12.6 Å². The number of para-hydroxylation sites is 1. The molecular formula is C19H28ClN5O2. The Bertz CT molecular complexity index is 760. The molecule has 1 heterocycles. The van der Waals surface area contributed by atoms with E-state index in [0.29, 0.717) is 29.8 Å². The van der Waals surface area contributed by atoms with Gasteiger partial charge in [-0.25, -0.2) is 4.99 Å². The first-order valence-corrected chi connectivity index (χ1v) is 9.34. The Morgan fingerprint density at radius 1 is 1.41 bits per heavy atom. The van der Waals surface area contributed by atoms with Crippen LogP contribution in [0.3, 0.4) is 0 Å². The number of hydrogen-bond donors (Lipinski definition) is 3. The zero-order valence-electron chi connectivity index (χ0n) is 16.2. The number of benzene rings is 1. The van der Waals surface area contributed by atoms with Crippen LogP contribution in [0.1, 0.15) is 26.3 Å². The molecule has 0 aliphatic carbocycles. The summed E-state index contributed by atoms with van der Waals surface area (Å²) in [5.74, 6) is 1.26. The first kappa shape index (κ1) is 21.1. The van der Waals surface area contributed by atoms with E-state index in [2.05, 4.69) is 20.7 Å². The number of halogens is 1. The molecule has 1 aromatic carbocycles. The Balaban J connectivity index is 1.94. The molecule has 2 aromatic rings. The number of aromatic nitrogens is 2. The van der Waals surface area contributed by atoms with E-state index in [4.69, 9.17) is 16.3 Å². The van der Waals surface area contributed by atoms with Crippen molar-refractivity contribution in [3.63, 3.8) is 0 Å². The summed E-state index contributed by atoms with van der Waals surface area (Å²) in [5.41, 5.74) is -0.379. The topological polar surface area (TPSA) is 83.7 Å². The van der Waals surface area contributed by atoms with E-state index < -0.39 is 5.60 Å². The summed E-state index contributed by atoms with van der Waals surface area (Å²) in [5, 5.41) is 21.7. The zero-order chi connectivity index (χ0) is 19.9. The minimum Gasteiger partial charge on any atom is -0.487 e. The van der Waals surface area contributed by atoms with Crippen LogP contribution in [0.2, 0.25) is 5.02 Å². The summed E-state index contributed by atoms with van der Waals surface area (Å²) in [4.78, 5) is 4.49. The lowest BCUT2D eigenvalue weighted by atomic mass is 10.0. The molecule has 0 fully saturated rings. The predicted molar refractivity (Wildman–Crippen MR) is 108 cm³/mol. The van der Waals surface area contributed by atoms with Gasteiger partial charge in [0.1, 0.15) is 17.5 Å². The molecule has 0 aliphatic heterocycles. The maximum Gasteiger partial charge on any atom is 0.191 e. The van der Waals surface area contributed by atoms with Crippen LogP contribution < -0.4 is 15.4 Å². The molecule has 0 aliphatic rings. The van der Waals surface area contributed by atoms with Gasteiger partial charge in [0.05, 0.1) is 24.3 Å². The van der Waals surface area contributed by atoms with Crippen molar-refractivity contribution in [2.45, 2.75) is 32.5 Å². The number of aliphatic imine (C=N–C) groups is 1. The maximum absolute atomic E-state index is 10.7. The average molecular weight is 394 g/mol. The van der Waals surface area contributed by atoms with Crippen molar-refractivity contribution >= 4 is 17.6 Å². The van der Waals surface area contributed by atoms with Crippen LogP contribution in [0.5, 0.6) is 5.75 Å². The summed E-state index contributed by atoms with van der Waals surface area (Å²) < 4.78 is 7.51. The number of ether oxygens (including phenoxy) is 1. The summed E-state index contributed by atoms with van der Waals surface area (Å²) in [6, 6.07) is 7.38. The molecule has 0 bridgehead atoms. The van der Waals surface area contributed by atoms with Gasteiger partial charge in [-0.1, -0.05) is 23.7 Å². The van der Waals surface area contributed by atoms with Crippen LogP contribution >= 0.6 is 11.6 Å². The molecule has 0 amide bonds. The monoisotopic (exact) mass is 393 g/mol. The third kappa shape index (κ3) is 6.45. The van der Waals surface area contributed by atoms with Gasteiger partial charge in [-0.15, -0.1) is 0 Å². The van der Waals surface area contributed by atoms with Crippen molar-refractivity contribution in [3.05, 3.63) is 47.2 Å². The van der Waals surface area contributed by atoms with Crippen LogP contribution in [0.4, 0.5) is 0 Å². The summed E-state index contributed by atoms with van der Waals surface area (Å²) >= 11 is 6.12. The molecule has 2 atom stereocenters. The number of aliphatic hydroxyl groups is 1. The lowest BCUT2D eigenvalue weighted by molar-refractivity contribution is 0.0671. The largest absolute Gasteiger partial charge is 0.487 e. The van der Waals surface area contributed by atoms with Crippen LogP contribution in [0, 0.1) is 0 Å². The summed E-state index contributed by atoms with van der Waals surface area (Å²) in [6.07, 6.45) is 3.32. The van der Waals surface area contributed by atoms with E-state index in [1.807, 2.05) is 39.1 Å². The standard InChI is InChI=1S/C19H28ClN5O2/c1-5-21-18(23-13-19(3,26)15-11-24-25(4)12-15)22-10-14(2)27-17-9-7-6-8-16(17)20/h6-9,11-12,14,26H,5,10,13H2,1-4H3,(H2,21,22,23). The van der Waals surface area contributed by atoms with Gasteiger partial charge in [0.25, 0.3) is 0 Å². The van der Waals surface area contributed by atoms with E-state index >= 15 is 0 Å². The SMILES string of the molecule is CCNC(=NCC(C)(O)c1cnn(C)c1)NCC(C)Oc1ccccc1Cl. The van der Waals surface area contributed by atoms with Crippen molar-refractivity contribution < 1.29 is 9.84 Å². The summed E-state index contributed by atoms with van der Waals surface area (Å²) in [7, 11) is 1.81. The molecule has 8 heteroatoms. The van der Waals surface area contributed by atoms with Crippen LogP contribution in [-0.4, -0.2) is 46.6 Å². The van der Waals surface area contributed by atoms with Crippen molar-refractivity contribution in [1.82, 2.24) is 20.4 Å². The number of hydrogen-bond acceptors (Lipinski definition) is 4. The molecule has 27 heavy (non-hydrogen) atoms. The van der Waals surface area contributed by atoms with E-state index in [-0.39, 0.29) is 12.6 Å². The molecule has 0 saturated heterocycles. The fourth-order valence-corrected chi connectivity index (χ4v) is 2.58. The van der Waals surface area contributed by atoms with Crippen molar-refractivity contribution in [1.29, 1.82) is 0 Å². The smallest absolute Gasteiger partial charge is 0.191 e. The fourth-order valence-electron chi connectivity index (χ4n) is 2.40. The van der Waals surface area contributed by atoms with Gasteiger partial charge in [0, 0.05) is 25.4 Å². The Morgan fingerprint density at radius 3 is 2.78 bits per heavy atom. The second-order valence-corrected chi connectivity index (χ2v) is 7.02. The van der Waals surface area contributed by atoms with Crippen molar-refractivity contribution in [2.24, 2.45) is 12.0 Å². The number of aryl methyl sites for hydroxylation is 1. The highest BCUT2D eigenvalue weighted by molar-refractivity contribution is 6.32. The fraction of sp³-hybridized carbons (Fsp3) is 0.474. The lowest BCUT2D eigenvalue weighted by Gasteiger charge is -2.21. The Morgan fingerprint density at radius 2 is 2.15 bits per heavy atom. The maximum atomic E-state index is 10.7. The molecule has 0 saturated carbocycles. The second kappa shape index (κ2) is 9.62. The number of guanidine groups is 1. The first-order chi connectivity index (χ1) is 12.8. The number of nitrogens with one attached hydrogen (secondary N) is 2. The Labute approximate surface area is 165 Å². The second-order valence-electron chi connectivity index (χ2n) is 6.61. The highest BCUT2D eigenvalue weighted by Gasteiger charge is 2.24. The van der Waals surface area contributed by atoms with Gasteiger partial charge in [0.2, 0.25) is 0 Å². The van der Waals surface area contributed by atoms with Crippen LogP contribution in [0.15, 0.2) is 41.7 Å². The highest BCUT2D eigenvalue weighted by Crippen LogP contribution is 2.24. The molecule has 0 spiro atoms. The van der Waals surface area contributed by atoms with Gasteiger partial charge < -0.3 is 20.5 Å². The molecule has 148 valence electrons. The third-order valence-electron chi connectivity index (χ3n) is 3.94. The average Bonchev–Trinajstić information content (AvgIpc) is 3.07. The highest BCUT2D eigenvalue weighted by atomic mass is 35.5. The minimum absolute atomic E-state index is 0.118. The molecule has 1 aromatic heterocycles. The van der Waals surface area contributed by atoms with E-state index in [1.165, 1.54) is 0 Å². The molecule has 3 N–H and O–H groups in total. The van der Waals surface area contributed by atoms with Gasteiger partial charge in [-0.05, 0) is 32.9 Å². The van der Waals surface area contributed by atoms with Crippen molar-refractivity contribution in [2.75, 3.05) is 19.6 Å². The number of nitrogens with zero attached hydrogens (tertiary/aromatic N) is 3. The Kier molecular flexibility index (Phi) is 7.50. The molecule has 2 unspecified atom stereocenters. The Hall–Kier alpha value is -2.25. The normalized spacial score (nSPS) is 15.1. The lowest BCUT2D eigenvalue weighted by Crippen LogP contribution is -2.42. The van der Waals surface area contributed by atoms with Gasteiger partial charge >= 0.3 is 0 Å². The summed E-state index contributed by atoms with van der Waals surface area (Å²) in [6.45, 7) is 7.10. The first-order valence-electron chi connectivity index (χ1n) is 8.96. The van der Waals surface area contributed by atoms with Crippen molar-refractivity contribution in [3.8, 4) is 5.75 Å². The minimum atomic E-state index is -1.10. The molecule has 0 radical (unpaired) electrons. The quantitative estimate of drug-likeness (QED) is 0.473.